The molecule has 0 saturated heterocycles. The summed E-state index contributed by atoms with van der Waals surface area (Å²) in [6.45, 7) is 0. The smallest absolute Gasteiger partial charge is 0.335 e. The van der Waals surface area contributed by atoms with Gasteiger partial charge in [-0.3, -0.25) is 0 Å². The lowest BCUT2D eigenvalue weighted by molar-refractivity contribution is 0.0697. The number of ether oxygens (including phenoxy) is 1. The zero-order chi connectivity index (χ0) is 13.1. The SMILES string of the molecule is O=C(O)c1ccc(Oc2ncncc2Cl)c(Cl)c1. The van der Waals surface area contributed by atoms with E-state index in [1.165, 1.54) is 30.7 Å². The van der Waals surface area contributed by atoms with Crippen LogP contribution in [0.5, 0.6) is 11.6 Å². The Bertz CT molecular complexity index is 605. The molecule has 1 N–H and O–H groups in total. The molecule has 2 aromatic rings. The van der Waals surface area contributed by atoms with Gasteiger partial charge in [-0.25, -0.2) is 14.8 Å². The molecular formula is C11H6Cl2N2O3. The van der Waals surface area contributed by atoms with Crippen molar-refractivity contribution in [3.05, 3.63) is 46.3 Å². The Kier molecular flexibility index (Phi) is 3.64. The molecule has 0 aliphatic rings. The van der Waals surface area contributed by atoms with Gasteiger partial charge in [-0.1, -0.05) is 23.2 Å². The third-order valence-electron chi connectivity index (χ3n) is 2.02. The minimum atomic E-state index is -1.07. The van der Waals surface area contributed by atoms with E-state index in [9.17, 15) is 4.79 Å². The number of aromatic carboxylic acids is 1. The molecule has 0 radical (unpaired) electrons. The lowest BCUT2D eigenvalue weighted by Gasteiger charge is -2.07. The number of carboxylic acid groups (broad SMARTS) is 1. The number of carboxylic acids is 1. The molecule has 0 fully saturated rings. The summed E-state index contributed by atoms with van der Waals surface area (Å²) in [7, 11) is 0. The van der Waals surface area contributed by atoms with Crippen LogP contribution < -0.4 is 4.74 Å². The topological polar surface area (TPSA) is 72.3 Å². The van der Waals surface area contributed by atoms with Gasteiger partial charge in [0, 0.05) is 0 Å². The molecule has 92 valence electrons. The first-order chi connectivity index (χ1) is 8.58. The standard InChI is InChI=1S/C11H6Cl2N2O3/c12-7-3-6(11(16)17)1-2-9(7)18-10-8(13)4-14-5-15-10/h1-5H,(H,16,17). The van der Waals surface area contributed by atoms with Crippen LogP contribution in [0.4, 0.5) is 0 Å². The number of aromatic nitrogens is 2. The number of nitrogens with zero attached hydrogens (tertiary/aromatic N) is 2. The number of rotatable bonds is 3. The van der Waals surface area contributed by atoms with Gasteiger partial charge in [0.15, 0.2) is 0 Å². The van der Waals surface area contributed by atoms with Crippen LogP contribution in [0.25, 0.3) is 0 Å². The fourth-order valence-corrected chi connectivity index (χ4v) is 1.56. The maximum Gasteiger partial charge on any atom is 0.335 e. The average molecular weight is 285 g/mol. The van der Waals surface area contributed by atoms with Crippen molar-refractivity contribution >= 4 is 29.2 Å². The van der Waals surface area contributed by atoms with Crippen LogP contribution in [-0.2, 0) is 0 Å². The first-order valence-electron chi connectivity index (χ1n) is 4.74. The minimum absolute atomic E-state index is 0.0705. The molecule has 0 aliphatic heterocycles. The number of halogens is 2. The summed E-state index contributed by atoms with van der Waals surface area (Å²) in [5, 5.41) is 9.18. The zero-order valence-electron chi connectivity index (χ0n) is 8.80. The lowest BCUT2D eigenvalue weighted by atomic mass is 10.2. The van der Waals surface area contributed by atoms with Crippen LogP contribution in [0.15, 0.2) is 30.7 Å². The van der Waals surface area contributed by atoms with Crippen LogP contribution in [0.3, 0.4) is 0 Å². The van der Waals surface area contributed by atoms with Crippen molar-refractivity contribution in [1.29, 1.82) is 0 Å². The van der Waals surface area contributed by atoms with Crippen molar-refractivity contribution in [2.24, 2.45) is 0 Å². The van der Waals surface area contributed by atoms with Crippen molar-refractivity contribution in [1.82, 2.24) is 9.97 Å². The second-order valence-electron chi connectivity index (χ2n) is 3.23. The summed E-state index contributed by atoms with van der Waals surface area (Å²) in [4.78, 5) is 18.3. The second kappa shape index (κ2) is 5.20. The van der Waals surface area contributed by atoms with Crippen LogP contribution in [0, 0.1) is 0 Å². The molecule has 5 nitrogen and oxygen atoms in total. The molecule has 1 aromatic carbocycles. The van der Waals surface area contributed by atoms with Gasteiger partial charge in [-0.05, 0) is 18.2 Å². The van der Waals surface area contributed by atoms with E-state index >= 15 is 0 Å². The van der Waals surface area contributed by atoms with Crippen LogP contribution in [-0.4, -0.2) is 21.0 Å². The summed E-state index contributed by atoms with van der Waals surface area (Å²) in [5.74, 6) is -0.651. The first-order valence-corrected chi connectivity index (χ1v) is 5.49. The fraction of sp³-hybridized carbons (Fsp3) is 0. The molecule has 7 heteroatoms. The second-order valence-corrected chi connectivity index (χ2v) is 4.04. The summed E-state index contributed by atoms with van der Waals surface area (Å²) >= 11 is 11.7. The molecule has 0 bridgehead atoms. The Morgan fingerprint density at radius 2 is 2.06 bits per heavy atom. The molecule has 18 heavy (non-hydrogen) atoms. The highest BCUT2D eigenvalue weighted by atomic mass is 35.5. The predicted octanol–water partition coefficient (Wildman–Crippen LogP) is 3.27. The number of carbonyl (C=O) groups is 1. The van der Waals surface area contributed by atoms with Crippen molar-refractivity contribution in [2.45, 2.75) is 0 Å². The van der Waals surface area contributed by atoms with E-state index in [0.29, 0.717) is 0 Å². The summed E-state index contributed by atoms with van der Waals surface area (Å²) in [6.07, 6.45) is 2.66. The van der Waals surface area contributed by atoms with Gasteiger partial charge >= 0.3 is 5.97 Å². The molecule has 0 unspecified atom stereocenters. The summed E-state index contributed by atoms with van der Waals surface area (Å²) in [5.41, 5.74) is 0.0705. The molecular weight excluding hydrogens is 279 g/mol. The number of hydrogen-bond acceptors (Lipinski definition) is 4. The normalized spacial score (nSPS) is 10.1. The molecule has 0 spiro atoms. The van der Waals surface area contributed by atoms with E-state index in [2.05, 4.69) is 9.97 Å². The van der Waals surface area contributed by atoms with Gasteiger partial charge in [-0.15, -0.1) is 0 Å². The minimum Gasteiger partial charge on any atom is -0.478 e. The Labute approximate surface area is 112 Å². The highest BCUT2D eigenvalue weighted by Crippen LogP contribution is 2.31. The van der Waals surface area contributed by atoms with Gasteiger partial charge in [-0.2, -0.15) is 0 Å². The monoisotopic (exact) mass is 284 g/mol. The van der Waals surface area contributed by atoms with Gasteiger partial charge in [0.2, 0.25) is 5.88 Å². The van der Waals surface area contributed by atoms with Crippen molar-refractivity contribution in [3.8, 4) is 11.6 Å². The van der Waals surface area contributed by atoms with Gasteiger partial charge in [0.1, 0.15) is 17.1 Å². The molecule has 0 aliphatic carbocycles. The Balaban J connectivity index is 2.30. The molecule has 0 atom stereocenters. The van der Waals surface area contributed by atoms with Crippen molar-refractivity contribution in [3.63, 3.8) is 0 Å². The molecule has 1 aromatic heterocycles. The van der Waals surface area contributed by atoms with Crippen LogP contribution in [0.1, 0.15) is 10.4 Å². The predicted molar refractivity (Wildman–Crippen MR) is 65.5 cm³/mol. The van der Waals surface area contributed by atoms with Crippen molar-refractivity contribution < 1.29 is 14.6 Å². The highest BCUT2D eigenvalue weighted by molar-refractivity contribution is 6.32. The van der Waals surface area contributed by atoms with Crippen molar-refractivity contribution in [2.75, 3.05) is 0 Å². The maximum atomic E-state index is 10.7. The van der Waals surface area contributed by atoms with E-state index in [1.807, 2.05) is 0 Å². The largest absolute Gasteiger partial charge is 0.478 e. The van der Waals surface area contributed by atoms with Gasteiger partial charge in [0.05, 0.1) is 16.8 Å². The lowest BCUT2D eigenvalue weighted by Crippen LogP contribution is -1.97. The van der Waals surface area contributed by atoms with E-state index in [0.717, 1.165) is 0 Å². The van der Waals surface area contributed by atoms with Crippen LogP contribution >= 0.6 is 23.2 Å². The van der Waals surface area contributed by atoms with E-state index in [1.54, 1.807) is 0 Å². The molecule has 2 rings (SSSR count). The third-order valence-corrected chi connectivity index (χ3v) is 2.57. The zero-order valence-corrected chi connectivity index (χ0v) is 10.3. The van der Waals surface area contributed by atoms with Crippen LogP contribution in [0.2, 0.25) is 10.0 Å². The van der Waals surface area contributed by atoms with E-state index in [4.69, 9.17) is 33.0 Å². The third kappa shape index (κ3) is 2.69. The number of benzene rings is 1. The highest BCUT2D eigenvalue weighted by Gasteiger charge is 2.10. The Hall–Kier alpha value is -1.85. The Morgan fingerprint density at radius 3 is 2.67 bits per heavy atom. The quantitative estimate of drug-likeness (QED) is 0.936. The maximum absolute atomic E-state index is 10.7. The van der Waals surface area contributed by atoms with Gasteiger partial charge in [0.25, 0.3) is 0 Å². The van der Waals surface area contributed by atoms with Gasteiger partial charge < -0.3 is 9.84 Å². The molecule has 1 heterocycles. The summed E-state index contributed by atoms with van der Waals surface area (Å²) in [6, 6.07) is 4.09. The van der Waals surface area contributed by atoms with E-state index < -0.39 is 5.97 Å². The first kappa shape index (κ1) is 12.6. The average Bonchev–Trinajstić information content (AvgIpc) is 2.34. The fourth-order valence-electron chi connectivity index (χ4n) is 1.20. The molecule has 0 saturated carbocycles. The Morgan fingerprint density at radius 1 is 1.28 bits per heavy atom. The molecule has 0 amide bonds. The van der Waals surface area contributed by atoms with E-state index in [-0.39, 0.29) is 27.2 Å². The summed E-state index contributed by atoms with van der Waals surface area (Å²) < 4.78 is 5.37. The number of hydrogen-bond donors (Lipinski definition) is 1.